The van der Waals surface area contributed by atoms with E-state index >= 15 is 0 Å². The number of hydrogen-bond donors (Lipinski definition) is 1. The summed E-state index contributed by atoms with van der Waals surface area (Å²) in [5.41, 5.74) is 0. The van der Waals surface area contributed by atoms with E-state index < -0.39 is 0 Å². The van der Waals surface area contributed by atoms with Crippen LogP contribution >= 0.6 is 0 Å². The van der Waals surface area contributed by atoms with Crippen LogP contribution in [0.4, 0.5) is 0 Å². The summed E-state index contributed by atoms with van der Waals surface area (Å²) in [6.07, 6.45) is 11.0. The highest BCUT2D eigenvalue weighted by Crippen LogP contribution is 2.28. The predicted molar refractivity (Wildman–Crippen MR) is 68.5 cm³/mol. The van der Waals surface area contributed by atoms with E-state index in [-0.39, 0.29) is 5.91 Å². The second-order valence-corrected chi connectivity index (χ2v) is 4.51. The van der Waals surface area contributed by atoms with Crippen LogP contribution in [-0.4, -0.2) is 39.5 Å². The molecule has 1 aromatic heterocycles. The molecular formula is C13H18N4O. The molecule has 1 heterocycles. The van der Waals surface area contributed by atoms with Crippen molar-refractivity contribution in [1.29, 1.82) is 0 Å². The molecule has 1 aliphatic rings. The molecule has 18 heavy (non-hydrogen) atoms. The Morgan fingerprint density at radius 2 is 2.50 bits per heavy atom. The van der Waals surface area contributed by atoms with E-state index in [1.165, 1.54) is 0 Å². The quantitative estimate of drug-likeness (QED) is 0.573. The van der Waals surface area contributed by atoms with Crippen LogP contribution in [0, 0.1) is 12.3 Å². The van der Waals surface area contributed by atoms with Gasteiger partial charge in [0.15, 0.2) is 0 Å². The topological polar surface area (TPSA) is 50.2 Å². The first-order chi connectivity index (χ1) is 8.72. The Bertz CT molecular complexity index is 456. The molecule has 2 rings (SSSR count). The summed E-state index contributed by atoms with van der Waals surface area (Å²) < 4.78 is 1.94. The number of carbonyl (C=O) groups is 1. The number of nitrogens with one attached hydrogen (secondary N) is 1. The number of hydrogen-bond acceptors (Lipinski definition) is 3. The lowest BCUT2D eigenvalue weighted by atomic mass is 10.4. The van der Waals surface area contributed by atoms with Gasteiger partial charge in [-0.3, -0.25) is 10.1 Å². The number of aromatic nitrogens is 2. The first kappa shape index (κ1) is 12.7. The van der Waals surface area contributed by atoms with Crippen molar-refractivity contribution in [3.8, 4) is 12.3 Å². The largest absolute Gasteiger partial charge is 0.337 e. The second-order valence-electron chi connectivity index (χ2n) is 4.51. The fourth-order valence-electron chi connectivity index (χ4n) is 1.85. The maximum absolute atomic E-state index is 12.1. The summed E-state index contributed by atoms with van der Waals surface area (Å²) >= 11 is 0. The molecule has 0 radical (unpaired) electrons. The molecule has 1 aliphatic carbocycles. The number of amides is 1. The second kappa shape index (κ2) is 5.69. The van der Waals surface area contributed by atoms with Gasteiger partial charge in [-0.15, -0.1) is 6.42 Å². The lowest BCUT2D eigenvalue weighted by molar-refractivity contribution is -0.131. The van der Waals surface area contributed by atoms with Gasteiger partial charge in [0.1, 0.15) is 5.82 Å². The molecule has 1 N–H and O–H groups in total. The van der Waals surface area contributed by atoms with Crippen molar-refractivity contribution in [2.24, 2.45) is 7.05 Å². The third kappa shape index (κ3) is 3.11. The van der Waals surface area contributed by atoms with Gasteiger partial charge in [-0.05, 0) is 12.8 Å². The van der Waals surface area contributed by atoms with E-state index in [0.29, 0.717) is 25.7 Å². The highest BCUT2D eigenvalue weighted by molar-refractivity contribution is 5.78. The van der Waals surface area contributed by atoms with Gasteiger partial charge in [0.25, 0.3) is 0 Å². The predicted octanol–water partition coefficient (Wildman–Crippen LogP) is 0.134. The Labute approximate surface area is 107 Å². The van der Waals surface area contributed by atoms with E-state index in [2.05, 4.69) is 16.2 Å². The Balaban J connectivity index is 1.94. The standard InChI is InChI=1S/C13H18N4O/c1-3-6-14-9-13(18)17(11-4-5-11)10-12-15-7-8-16(12)2/h1,7-8,11,14H,4-6,9-10H2,2H3. The minimum Gasteiger partial charge on any atom is -0.337 e. The molecule has 0 bridgehead atoms. The van der Waals surface area contributed by atoms with Crippen LogP contribution in [0.1, 0.15) is 18.7 Å². The van der Waals surface area contributed by atoms with Crippen molar-refractivity contribution in [2.45, 2.75) is 25.4 Å². The Morgan fingerprint density at radius 1 is 1.72 bits per heavy atom. The lowest BCUT2D eigenvalue weighted by Crippen LogP contribution is -2.39. The maximum Gasteiger partial charge on any atom is 0.237 e. The van der Waals surface area contributed by atoms with Gasteiger partial charge < -0.3 is 9.47 Å². The Hall–Kier alpha value is -1.80. The van der Waals surface area contributed by atoms with Crippen molar-refractivity contribution < 1.29 is 4.79 Å². The van der Waals surface area contributed by atoms with Crippen molar-refractivity contribution in [2.75, 3.05) is 13.1 Å². The van der Waals surface area contributed by atoms with Gasteiger partial charge >= 0.3 is 0 Å². The number of nitrogens with zero attached hydrogens (tertiary/aromatic N) is 3. The first-order valence-electron chi connectivity index (χ1n) is 6.12. The van der Waals surface area contributed by atoms with Crippen LogP contribution in [-0.2, 0) is 18.4 Å². The molecule has 1 amide bonds. The molecule has 1 fully saturated rings. The fourth-order valence-corrected chi connectivity index (χ4v) is 1.85. The zero-order chi connectivity index (χ0) is 13.0. The van der Waals surface area contributed by atoms with Crippen LogP contribution in [0.15, 0.2) is 12.4 Å². The van der Waals surface area contributed by atoms with E-state index in [0.717, 1.165) is 18.7 Å². The molecule has 0 saturated heterocycles. The molecule has 1 saturated carbocycles. The highest BCUT2D eigenvalue weighted by Gasteiger charge is 2.32. The zero-order valence-electron chi connectivity index (χ0n) is 10.6. The first-order valence-corrected chi connectivity index (χ1v) is 6.12. The minimum atomic E-state index is 0.0933. The van der Waals surface area contributed by atoms with Crippen molar-refractivity contribution in [1.82, 2.24) is 19.8 Å². The minimum absolute atomic E-state index is 0.0933. The van der Waals surface area contributed by atoms with Gasteiger partial charge in [0.05, 0.1) is 19.6 Å². The van der Waals surface area contributed by atoms with E-state index in [1.54, 1.807) is 6.20 Å². The molecule has 1 aromatic rings. The summed E-state index contributed by atoms with van der Waals surface area (Å²) in [4.78, 5) is 18.3. The number of carbonyl (C=O) groups excluding carboxylic acids is 1. The molecule has 96 valence electrons. The number of imidazole rings is 1. The highest BCUT2D eigenvalue weighted by atomic mass is 16.2. The van der Waals surface area contributed by atoms with Crippen LogP contribution < -0.4 is 5.32 Å². The van der Waals surface area contributed by atoms with Crippen LogP contribution in [0.25, 0.3) is 0 Å². The van der Waals surface area contributed by atoms with E-state index in [1.807, 2.05) is 22.7 Å². The van der Waals surface area contributed by atoms with E-state index in [9.17, 15) is 4.79 Å². The van der Waals surface area contributed by atoms with Crippen molar-refractivity contribution in [3.63, 3.8) is 0 Å². The van der Waals surface area contributed by atoms with E-state index in [4.69, 9.17) is 6.42 Å². The maximum atomic E-state index is 12.1. The zero-order valence-corrected chi connectivity index (χ0v) is 10.6. The average molecular weight is 246 g/mol. The monoisotopic (exact) mass is 246 g/mol. The number of terminal acetylenes is 1. The normalized spacial score (nSPS) is 14.2. The van der Waals surface area contributed by atoms with Gasteiger partial charge in [0.2, 0.25) is 5.91 Å². The SMILES string of the molecule is C#CCNCC(=O)N(Cc1nccn1C)C1CC1. The van der Waals surface area contributed by atoms with Crippen LogP contribution in [0.2, 0.25) is 0 Å². The van der Waals surface area contributed by atoms with Gasteiger partial charge in [0, 0.05) is 25.5 Å². The molecule has 0 aromatic carbocycles. The third-order valence-corrected chi connectivity index (χ3v) is 3.04. The molecular weight excluding hydrogens is 228 g/mol. The van der Waals surface area contributed by atoms with Crippen LogP contribution in [0.3, 0.4) is 0 Å². The molecule has 0 spiro atoms. The van der Waals surface area contributed by atoms with Gasteiger partial charge in [-0.2, -0.15) is 0 Å². The molecule has 0 unspecified atom stereocenters. The third-order valence-electron chi connectivity index (χ3n) is 3.04. The summed E-state index contributed by atoms with van der Waals surface area (Å²) in [5, 5.41) is 2.94. The molecule has 0 aliphatic heterocycles. The van der Waals surface area contributed by atoms with Crippen LogP contribution in [0.5, 0.6) is 0 Å². The summed E-state index contributed by atoms with van der Waals surface area (Å²) in [6, 6.07) is 0.377. The molecule has 5 heteroatoms. The lowest BCUT2D eigenvalue weighted by Gasteiger charge is -2.22. The summed E-state index contributed by atoms with van der Waals surface area (Å²) in [5.74, 6) is 3.47. The van der Waals surface area contributed by atoms with Gasteiger partial charge in [-0.1, -0.05) is 5.92 Å². The van der Waals surface area contributed by atoms with Gasteiger partial charge in [-0.25, -0.2) is 4.98 Å². The Morgan fingerprint density at radius 3 is 3.06 bits per heavy atom. The van der Waals surface area contributed by atoms with Crippen molar-refractivity contribution in [3.05, 3.63) is 18.2 Å². The Kier molecular flexibility index (Phi) is 4.00. The fraction of sp³-hybridized carbons (Fsp3) is 0.538. The van der Waals surface area contributed by atoms with Crippen molar-refractivity contribution >= 4 is 5.91 Å². The number of rotatable bonds is 6. The smallest absolute Gasteiger partial charge is 0.237 e. The molecule has 5 nitrogen and oxygen atoms in total. The summed E-state index contributed by atoms with van der Waals surface area (Å²) in [6.45, 7) is 1.29. The number of aryl methyl sites for hydroxylation is 1. The summed E-state index contributed by atoms with van der Waals surface area (Å²) in [7, 11) is 1.94. The molecule has 0 atom stereocenters. The average Bonchev–Trinajstić information content (AvgIpc) is 3.11.